The first-order valence-corrected chi connectivity index (χ1v) is 5.81. The second-order valence-corrected chi connectivity index (χ2v) is 4.12. The summed E-state index contributed by atoms with van der Waals surface area (Å²) in [6, 6.07) is 0.710. The minimum absolute atomic E-state index is 0.0213. The first-order chi connectivity index (χ1) is 10.1. The van der Waals surface area contributed by atoms with Gasteiger partial charge in [0.15, 0.2) is 17.2 Å². The van der Waals surface area contributed by atoms with Crippen LogP contribution < -0.4 is 11.5 Å². The number of rotatable bonds is 5. The van der Waals surface area contributed by atoms with E-state index in [9.17, 15) is 14.4 Å². The highest BCUT2D eigenvalue weighted by atomic mass is 16.4. The summed E-state index contributed by atoms with van der Waals surface area (Å²) in [5, 5.41) is 43.2. The van der Waals surface area contributed by atoms with E-state index in [-0.39, 0.29) is 18.4 Å². The molecule has 10 nitrogen and oxygen atoms in total. The van der Waals surface area contributed by atoms with Crippen LogP contribution in [0.2, 0.25) is 0 Å². The van der Waals surface area contributed by atoms with Gasteiger partial charge in [-0.15, -0.1) is 0 Å². The van der Waals surface area contributed by atoms with Gasteiger partial charge in [0, 0.05) is 6.42 Å². The van der Waals surface area contributed by atoms with Crippen molar-refractivity contribution in [2.24, 2.45) is 11.5 Å². The lowest BCUT2D eigenvalue weighted by molar-refractivity contribution is -0.138. The number of phenols is 3. The molecule has 1 aromatic carbocycles. The van der Waals surface area contributed by atoms with Gasteiger partial charge in [0.2, 0.25) is 5.91 Å². The Morgan fingerprint density at radius 3 is 1.82 bits per heavy atom. The van der Waals surface area contributed by atoms with Gasteiger partial charge >= 0.3 is 11.9 Å². The number of carboxylic acid groups (broad SMARTS) is 2. The van der Waals surface area contributed by atoms with Crippen LogP contribution >= 0.6 is 0 Å². The molecule has 0 aromatic heterocycles. The predicted molar refractivity (Wildman–Crippen MR) is 72.4 cm³/mol. The van der Waals surface area contributed by atoms with Crippen molar-refractivity contribution in [1.29, 1.82) is 0 Å². The molecule has 0 aliphatic rings. The highest BCUT2D eigenvalue weighted by molar-refractivity contribution is 5.89. The lowest BCUT2D eigenvalue weighted by atomic mass is 10.2. The average Bonchev–Trinajstić information content (AvgIpc) is 2.41. The third kappa shape index (κ3) is 6.43. The van der Waals surface area contributed by atoms with Crippen LogP contribution in [0.5, 0.6) is 17.2 Å². The number of carboxylic acids is 2. The van der Waals surface area contributed by atoms with Gasteiger partial charge < -0.3 is 37.0 Å². The summed E-state index contributed by atoms with van der Waals surface area (Å²) < 4.78 is 0. The number of carbonyl (C=O) groups is 3. The van der Waals surface area contributed by atoms with Crippen molar-refractivity contribution >= 4 is 17.8 Å². The summed E-state index contributed by atoms with van der Waals surface area (Å²) in [5.41, 5.74) is 9.52. The zero-order valence-electron chi connectivity index (χ0n) is 11.3. The molecule has 1 aromatic rings. The van der Waals surface area contributed by atoms with Crippen molar-refractivity contribution < 1.29 is 39.9 Å². The summed E-state index contributed by atoms with van der Waals surface area (Å²) in [6.07, 6.45) is 0.123. The molecular weight excluding hydrogens is 300 g/mol. The number of primary amides is 1. The third-order valence-electron chi connectivity index (χ3n) is 2.34. The lowest BCUT2D eigenvalue weighted by Gasteiger charge is -2.01. The maximum Gasteiger partial charge on any atom is 0.335 e. The topological polar surface area (TPSA) is 204 Å². The molecule has 1 atom stereocenters. The van der Waals surface area contributed by atoms with Gasteiger partial charge in [0.1, 0.15) is 6.04 Å². The molecule has 22 heavy (non-hydrogen) atoms. The smallest absolute Gasteiger partial charge is 0.335 e. The van der Waals surface area contributed by atoms with Gasteiger partial charge in [-0.05, 0) is 18.6 Å². The molecule has 122 valence electrons. The van der Waals surface area contributed by atoms with E-state index in [2.05, 4.69) is 0 Å². The van der Waals surface area contributed by atoms with Crippen molar-refractivity contribution in [1.82, 2.24) is 0 Å². The molecule has 0 aliphatic carbocycles. The predicted octanol–water partition coefficient (Wildman–Crippen LogP) is -0.835. The molecule has 0 unspecified atom stereocenters. The minimum atomic E-state index is -1.29. The van der Waals surface area contributed by atoms with Crippen LogP contribution in [0.15, 0.2) is 12.1 Å². The lowest BCUT2D eigenvalue weighted by Crippen LogP contribution is -2.31. The van der Waals surface area contributed by atoms with E-state index in [1.807, 2.05) is 0 Å². The van der Waals surface area contributed by atoms with Crippen molar-refractivity contribution in [3.05, 3.63) is 17.7 Å². The maximum absolute atomic E-state index is 10.3. The van der Waals surface area contributed by atoms with Gasteiger partial charge in [-0.25, -0.2) is 4.79 Å². The Hall–Kier alpha value is -3.01. The zero-order chi connectivity index (χ0) is 17.4. The molecule has 1 rings (SSSR count). The number of phenolic OH excluding ortho intramolecular Hbond substituents is 3. The molecule has 0 heterocycles. The molecule has 0 saturated carbocycles. The highest BCUT2D eigenvalue weighted by Gasteiger charge is 2.12. The number of carbonyl (C=O) groups excluding carboxylic acids is 1. The molecule has 0 bridgehead atoms. The minimum Gasteiger partial charge on any atom is -0.504 e. The number of aromatic carboxylic acids is 1. The Morgan fingerprint density at radius 2 is 1.50 bits per heavy atom. The largest absolute Gasteiger partial charge is 0.504 e. The fraction of sp³-hybridized carbons (Fsp3) is 0.250. The summed E-state index contributed by atoms with van der Waals surface area (Å²) >= 11 is 0. The molecule has 9 N–H and O–H groups in total. The van der Waals surface area contributed by atoms with Crippen molar-refractivity contribution in [2.45, 2.75) is 18.9 Å². The Balaban J connectivity index is 0.000000409. The first-order valence-electron chi connectivity index (χ1n) is 5.81. The Labute approximate surface area is 124 Å². The molecule has 1 amide bonds. The van der Waals surface area contributed by atoms with E-state index in [1.165, 1.54) is 0 Å². The molecule has 10 heteroatoms. The maximum atomic E-state index is 10.3. The van der Waals surface area contributed by atoms with E-state index < -0.39 is 41.1 Å². The average molecular weight is 316 g/mol. The Bertz CT molecular complexity index is 549. The Kier molecular flexibility index (Phi) is 7.18. The summed E-state index contributed by atoms with van der Waals surface area (Å²) in [7, 11) is 0. The standard InChI is InChI=1S/C7H6O5.C5H10N2O3/c8-4-1-3(7(11)12)2-5(9)6(4)10;6-3(5(9)10)1-2-4(7)8/h1-2,8-10H,(H,11,12);3H,1-2,6H2,(H2,7,8)(H,9,10)/t;3-/m.0/s1. The van der Waals surface area contributed by atoms with E-state index in [1.54, 1.807) is 0 Å². The van der Waals surface area contributed by atoms with E-state index in [0.29, 0.717) is 0 Å². The normalized spacial score (nSPS) is 11.0. The van der Waals surface area contributed by atoms with Gasteiger partial charge in [0.25, 0.3) is 0 Å². The number of aliphatic carboxylic acids is 1. The fourth-order valence-electron chi connectivity index (χ4n) is 1.15. The number of hydrogen-bond acceptors (Lipinski definition) is 7. The van der Waals surface area contributed by atoms with E-state index in [4.69, 9.17) is 37.0 Å². The first kappa shape index (κ1) is 19.0. The molecule has 0 aliphatic heterocycles. The molecule has 0 saturated heterocycles. The van der Waals surface area contributed by atoms with Crippen LogP contribution in [-0.4, -0.2) is 49.4 Å². The highest BCUT2D eigenvalue weighted by Crippen LogP contribution is 2.35. The number of aromatic hydroxyl groups is 3. The quantitative estimate of drug-likeness (QED) is 0.338. The van der Waals surface area contributed by atoms with Crippen LogP contribution in [0.4, 0.5) is 0 Å². The monoisotopic (exact) mass is 316 g/mol. The van der Waals surface area contributed by atoms with Crippen LogP contribution in [0.1, 0.15) is 23.2 Å². The molecule has 0 spiro atoms. The SMILES string of the molecule is NC(=O)CC[C@H](N)C(=O)O.O=C(O)c1cc(O)c(O)c(O)c1. The van der Waals surface area contributed by atoms with Gasteiger partial charge in [-0.2, -0.15) is 0 Å². The summed E-state index contributed by atoms with van der Waals surface area (Å²) in [4.78, 5) is 30.4. The van der Waals surface area contributed by atoms with Gasteiger partial charge in [-0.3, -0.25) is 9.59 Å². The third-order valence-corrected chi connectivity index (χ3v) is 2.34. The second kappa shape index (κ2) is 8.32. The second-order valence-electron chi connectivity index (χ2n) is 4.12. The van der Waals surface area contributed by atoms with Crippen LogP contribution in [0, 0.1) is 0 Å². The van der Waals surface area contributed by atoms with E-state index in [0.717, 1.165) is 12.1 Å². The number of benzene rings is 1. The fourth-order valence-corrected chi connectivity index (χ4v) is 1.15. The van der Waals surface area contributed by atoms with Crippen LogP contribution in [0.3, 0.4) is 0 Å². The number of hydrogen-bond donors (Lipinski definition) is 7. The molecular formula is C12H16N2O8. The van der Waals surface area contributed by atoms with Gasteiger partial charge in [0.05, 0.1) is 5.56 Å². The van der Waals surface area contributed by atoms with Crippen LogP contribution in [-0.2, 0) is 9.59 Å². The Morgan fingerprint density at radius 1 is 1.05 bits per heavy atom. The van der Waals surface area contributed by atoms with Crippen LogP contribution in [0.25, 0.3) is 0 Å². The zero-order valence-corrected chi connectivity index (χ0v) is 11.3. The van der Waals surface area contributed by atoms with Gasteiger partial charge in [-0.1, -0.05) is 0 Å². The molecule has 0 fully saturated rings. The van der Waals surface area contributed by atoms with E-state index >= 15 is 0 Å². The summed E-state index contributed by atoms with van der Waals surface area (Å²) in [5.74, 6) is -4.97. The van der Waals surface area contributed by atoms with Crippen molar-refractivity contribution in [3.8, 4) is 17.2 Å². The number of amides is 1. The molecule has 0 radical (unpaired) electrons. The summed E-state index contributed by atoms with van der Waals surface area (Å²) in [6.45, 7) is 0. The van der Waals surface area contributed by atoms with Crippen molar-refractivity contribution in [2.75, 3.05) is 0 Å². The van der Waals surface area contributed by atoms with Crippen molar-refractivity contribution in [3.63, 3.8) is 0 Å². The number of nitrogens with two attached hydrogens (primary N) is 2.